The lowest BCUT2D eigenvalue weighted by molar-refractivity contribution is 0.320. The molecule has 17 heavy (non-hydrogen) atoms. The van der Waals surface area contributed by atoms with Crippen molar-refractivity contribution in [3.63, 3.8) is 0 Å². The zero-order valence-electron chi connectivity index (χ0n) is 9.96. The quantitative estimate of drug-likeness (QED) is 0.904. The molecule has 0 aliphatic heterocycles. The molecule has 2 aromatic rings. The fourth-order valence-electron chi connectivity index (χ4n) is 1.58. The van der Waals surface area contributed by atoms with Crippen molar-refractivity contribution < 1.29 is 4.74 Å². The van der Waals surface area contributed by atoms with E-state index in [0.29, 0.717) is 6.61 Å². The van der Waals surface area contributed by atoms with Crippen molar-refractivity contribution in [2.24, 2.45) is 0 Å². The van der Waals surface area contributed by atoms with Gasteiger partial charge in [0.05, 0.1) is 12.3 Å². The average Bonchev–Trinajstić information content (AvgIpc) is 2.70. The van der Waals surface area contributed by atoms with Crippen LogP contribution in [0.5, 0.6) is 5.75 Å². The molecule has 0 saturated heterocycles. The van der Waals surface area contributed by atoms with E-state index in [1.165, 1.54) is 0 Å². The summed E-state index contributed by atoms with van der Waals surface area (Å²) in [5.74, 6) is 0.846. The monoisotopic (exact) mass is 250 g/mol. The predicted octanol–water partition coefficient (Wildman–Crippen LogP) is 3.30. The minimum absolute atomic E-state index is 0.616. The maximum Gasteiger partial charge on any atom is 0.119 e. The number of aromatic nitrogens is 2. The van der Waals surface area contributed by atoms with Gasteiger partial charge in [0.1, 0.15) is 5.75 Å². The van der Waals surface area contributed by atoms with Gasteiger partial charge in [0.2, 0.25) is 0 Å². The first-order valence-electron chi connectivity index (χ1n) is 5.55. The van der Waals surface area contributed by atoms with Gasteiger partial charge in [-0.25, -0.2) is 0 Å². The summed E-state index contributed by atoms with van der Waals surface area (Å²) in [5, 5.41) is 7.83. The number of hydrogen-bond acceptors (Lipinski definition) is 2. The van der Waals surface area contributed by atoms with E-state index in [0.717, 1.165) is 34.1 Å². The molecular weight excluding hydrogens is 236 g/mol. The second-order valence-corrected chi connectivity index (χ2v) is 4.46. The van der Waals surface area contributed by atoms with Crippen molar-refractivity contribution in [1.29, 1.82) is 0 Å². The lowest BCUT2D eigenvalue weighted by Gasteiger charge is -2.06. The van der Waals surface area contributed by atoms with Gasteiger partial charge in [-0.05, 0) is 43.7 Å². The minimum atomic E-state index is 0.616. The molecule has 0 atom stereocenters. The smallest absolute Gasteiger partial charge is 0.119 e. The van der Waals surface area contributed by atoms with E-state index >= 15 is 0 Å². The zero-order chi connectivity index (χ0) is 12.3. The molecule has 0 radical (unpaired) electrons. The minimum Gasteiger partial charge on any atom is -0.493 e. The van der Waals surface area contributed by atoms with Gasteiger partial charge in [0.15, 0.2) is 0 Å². The summed E-state index contributed by atoms with van der Waals surface area (Å²) in [6.45, 7) is 4.57. The summed E-state index contributed by atoms with van der Waals surface area (Å²) in [6.07, 6.45) is 0.798. The molecule has 90 valence electrons. The zero-order valence-corrected chi connectivity index (χ0v) is 10.7. The second-order valence-electron chi connectivity index (χ2n) is 4.05. The van der Waals surface area contributed by atoms with Crippen molar-refractivity contribution in [2.75, 3.05) is 6.61 Å². The van der Waals surface area contributed by atoms with Crippen molar-refractivity contribution in [3.05, 3.63) is 46.2 Å². The van der Waals surface area contributed by atoms with Crippen LogP contribution in [0.1, 0.15) is 17.0 Å². The number of aromatic amines is 1. The van der Waals surface area contributed by atoms with Gasteiger partial charge in [-0.2, -0.15) is 5.10 Å². The third-order valence-corrected chi connectivity index (χ3v) is 2.94. The molecule has 0 aliphatic rings. The predicted molar refractivity (Wildman–Crippen MR) is 68.7 cm³/mol. The van der Waals surface area contributed by atoms with Gasteiger partial charge in [0, 0.05) is 17.1 Å². The summed E-state index contributed by atoms with van der Waals surface area (Å²) in [6, 6.07) is 7.70. The molecule has 0 fully saturated rings. The van der Waals surface area contributed by atoms with Crippen LogP contribution in [0.15, 0.2) is 24.3 Å². The highest BCUT2D eigenvalue weighted by Crippen LogP contribution is 2.21. The van der Waals surface area contributed by atoms with E-state index in [4.69, 9.17) is 16.3 Å². The first-order chi connectivity index (χ1) is 8.15. The van der Waals surface area contributed by atoms with Crippen LogP contribution in [0.25, 0.3) is 0 Å². The Morgan fingerprint density at radius 2 is 2.12 bits per heavy atom. The van der Waals surface area contributed by atoms with Crippen molar-refractivity contribution in [2.45, 2.75) is 20.3 Å². The Bertz CT molecular complexity index is 508. The van der Waals surface area contributed by atoms with Crippen LogP contribution < -0.4 is 4.74 Å². The summed E-state index contributed by atoms with van der Waals surface area (Å²) < 4.78 is 5.64. The molecule has 0 aliphatic carbocycles. The van der Waals surface area contributed by atoms with Crippen LogP contribution in [-0.4, -0.2) is 16.8 Å². The van der Waals surface area contributed by atoms with E-state index < -0.39 is 0 Å². The number of hydrogen-bond donors (Lipinski definition) is 1. The summed E-state index contributed by atoms with van der Waals surface area (Å²) in [4.78, 5) is 0. The van der Waals surface area contributed by atoms with Gasteiger partial charge >= 0.3 is 0 Å². The molecule has 1 N–H and O–H groups in total. The van der Waals surface area contributed by atoms with Gasteiger partial charge in [0.25, 0.3) is 0 Å². The lowest BCUT2D eigenvalue weighted by atomic mass is 10.2. The maximum atomic E-state index is 5.94. The van der Waals surface area contributed by atoms with Crippen LogP contribution in [0.3, 0.4) is 0 Å². The Kier molecular flexibility index (Phi) is 3.69. The number of nitrogens with one attached hydrogen (secondary N) is 1. The second kappa shape index (κ2) is 5.23. The summed E-state index contributed by atoms with van der Waals surface area (Å²) >= 11 is 5.94. The maximum absolute atomic E-state index is 5.94. The van der Waals surface area contributed by atoms with E-state index in [1.807, 2.05) is 38.1 Å². The molecule has 1 aromatic carbocycles. The molecule has 0 amide bonds. The van der Waals surface area contributed by atoms with E-state index in [9.17, 15) is 0 Å². The number of benzene rings is 1. The fraction of sp³-hybridized carbons (Fsp3) is 0.308. The molecule has 0 saturated carbocycles. The first-order valence-corrected chi connectivity index (χ1v) is 5.93. The first kappa shape index (κ1) is 12.0. The highest BCUT2D eigenvalue weighted by molar-refractivity contribution is 6.31. The van der Waals surface area contributed by atoms with Crippen molar-refractivity contribution in [3.8, 4) is 5.75 Å². The Labute approximate surface area is 106 Å². The summed E-state index contributed by atoms with van der Waals surface area (Å²) in [7, 11) is 0. The Hall–Kier alpha value is -1.48. The van der Waals surface area contributed by atoms with Crippen LogP contribution in [0, 0.1) is 13.8 Å². The molecule has 0 spiro atoms. The topological polar surface area (TPSA) is 37.9 Å². The van der Waals surface area contributed by atoms with Crippen LogP contribution in [0.4, 0.5) is 0 Å². The van der Waals surface area contributed by atoms with Crippen LogP contribution in [-0.2, 0) is 6.42 Å². The fourth-order valence-corrected chi connectivity index (χ4v) is 1.70. The number of halogens is 1. The largest absolute Gasteiger partial charge is 0.493 e. The number of rotatable bonds is 4. The van der Waals surface area contributed by atoms with Gasteiger partial charge < -0.3 is 4.74 Å². The normalized spacial score (nSPS) is 10.5. The highest BCUT2D eigenvalue weighted by Gasteiger charge is 2.01. The molecule has 0 bridgehead atoms. The van der Waals surface area contributed by atoms with Crippen LogP contribution >= 0.6 is 11.6 Å². The Morgan fingerprint density at radius 1 is 1.29 bits per heavy atom. The molecule has 2 rings (SSSR count). The number of ether oxygens (including phenoxy) is 1. The number of H-pyrrole nitrogens is 1. The summed E-state index contributed by atoms with van der Waals surface area (Å²) in [5.41, 5.74) is 3.12. The highest BCUT2D eigenvalue weighted by atomic mass is 35.5. The number of nitrogens with zero attached hydrogens (tertiary/aromatic N) is 1. The molecule has 0 unspecified atom stereocenters. The molecule has 4 heteroatoms. The molecule has 1 aromatic heterocycles. The SMILES string of the molecule is Cc1cc(CCOc2ccc(Cl)c(C)c2)n[nH]1. The number of aryl methyl sites for hydroxylation is 2. The standard InChI is InChI=1S/C13H15ClN2O/c1-9-7-12(3-4-13(9)14)17-6-5-11-8-10(2)15-16-11/h3-4,7-8H,5-6H2,1-2H3,(H,15,16). The third kappa shape index (κ3) is 3.24. The van der Waals surface area contributed by atoms with Gasteiger partial charge in [-0.3, -0.25) is 5.10 Å². The third-order valence-electron chi connectivity index (χ3n) is 2.52. The average molecular weight is 251 g/mol. The van der Waals surface area contributed by atoms with Gasteiger partial charge in [-0.15, -0.1) is 0 Å². The van der Waals surface area contributed by atoms with Crippen molar-refractivity contribution >= 4 is 11.6 Å². The van der Waals surface area contributed by atoms with E-state index in [2.05, 4.69) is 10.2 Å². The Morgan fingerprint density at radius 3 is 2.76 bits per heavy atom. The van der Waals surface area contributed by atoms with E-state index in [-0.39, 0.29) is 0 Å². The lowest BCUT2D eigenvalue weighted by Crippen LogP contribution is -2.01. The molecular formula is C13H15ClN2O. The van der Waals surface area contributed by atoms with Crippen LogP contribution in [0.2, 0.25) is 5.02 Å². The Balaban J connectivity index is 1.87. The van der Waals surface area contributed by atoms with Crippen molar-refractivity contribution in [1.82, 2.24) is 10.2 Å². The molecule has 1 heterocycles. The van der Waals surface area contributed by atoms with Gasteiger partial charge in [-0.1, -0.05) is 11.6 Å². The molecule has 3 nitrogen and oxygen atoms in total. The van der Waals surface area contributed by atoms with E-state index in [1.54, 1.807) is 0 Å².